The Bertz CT molecular complexity index is 314. The third-order valence-electron chi connectivity index (χ3n) is 2.13. The Balaban J connectivity index is 2.56. The number of carbonyl (C=O) groups excluding carboxylic acids is 1. The molecule has 1 amide bonds. The second kappa shape index (κ2) is 4.24. The Kier molecular flexibility index (Phi) is 3.46. The van der Waals surface area contributed by atoms with Crippen molar-refractivity contribution < 1.29 is 13.2 Å². The van der Waals surface area contributed by atoms with Crippen LogP contribution in [0.1, 0.15) is 6.42 Å². The summed E-state index contributed by atoms with van der Waals surface area (Å²) in [5.74, 6) is -0.419. The standard InChI is InChI=1S/C7H15N3O3S/c1-14(12,13)10-3-2-9-6(5-10)4-7(8)11/h6,9H,2-5H2,1H3,(H2,8,11). The molecule has 0 aliphatic carbocycles. The predicted octanol–water partition coefficient (Wildman–Crippen LogP) is -1.90. The first-order valence-corrected chi connectivity index (χ1v) is 6.21. The van der Waals surface area contributed by atoms with Gasteiger partial charge in [0.1, 0.15) is 0 Å². The molecule has 1 rings (SSSR count). The lowest BCUT2D eigenvalue weighted by Crippen LogP contribution is -2.53. The van der Waals surface area contributed by atoms with Gasteiger partial charge in [0.2, 0.25) is 15.9 Å². The van der Waals surface area contributed by atoms with Crippen LogP contribution in [0.4, 0.5) is 0 Å². The molecule has 0 bridgehead atoms. The molecule has 7 heteroatoms. The van der Waals surface area contributed by atoms with Gasteiger partial charge >= 0.3 is 0 Å². The number of hydrogen-bond acceptors (Lipinski definition) is 4. The van der Waals surface area contributed by atoms with E-state index in [2.05, 4.69) is 5.32 Å². The van der Waals surface area contributed by atoms with Crippen LogP contribution in [-0.4, -0.2) is 50.6 Å². The summed E-state index contributed by atoms with van der Waals surface area (Å²) in [4.78, 5) is 10.6. The number of piperazine rings is 1. The van der Waals surface area contributed by atoms with Crippen LogP contribution in [0.2, 0.25) is 0 Å². The molecular weight excluding hydrogens is 206 g/mol. The van der Waals surface area contributed by atoms with E-state index < -0.39 is 15.9 Å². The number of primary amides is 1. The highest BCUT2D eigenvalue weighted by Gasteiger charge is 2.26. The minimum atomic E-state index is -3.15. The number of nitrogens with two attached hydrogens (primary N) is 1. The highest BCUT2D eigenvalue weighted by molar-refractivity contribution is 7.88. The smallest absolute Gasteiger partial charge is 0.219 e. The summed E-state index contributed by atoms with van der Waals surface area (Å²) < 4.78 is 23.8. The molecule has 82 valence electrons. The molecule has 1 fully saturated rings. The fraction of sp³-hybridized carbons (Fsp3) is 0.857. The average Bonchev–Trinajstić information content (AvgIpc) is 2.01. The van der Waals surface area contributed by atoms with Crippen LogP contribution in [0.15, 0.2) is 0 Å². The van der Waals surface area contributed by atoms with Crippen molar-refractivity contribution in [1.82, 2.24) is 9.62 Å². The van der Waals surface area contributed by atoms with E-state index >= 15 is 0 Å². The average molecular weight is 221 g/mol. The lowest BCUT2D eigenvalue weighted by molar-refractivity contribution is -0.118. The Morgan fingerprint density at radius 1 is 1.64 bits per heavy atom. The summed E-state index contributed by atoms with van der Waals surface area (Å²) in [6, 6.07) is -0.157. The summed E-state index contributed by atoms with van der Waals surface area (Å²) in [7, 11) is -3.15. The van der Waals surface area contributed by atoms with Crippen molar-refractivity contribution in [2.45, 2.75) is 12.5 Å². The van der Waals surface area contributed by atoms with Gasteiger partial charge in [-0.3, -0.25) is 4.79 Å². The third-order valence-corrected chi connectivity index (χ3v) is 3.40. The Morgan fingerprint density at radius 2 is 2.29 bits per heavy atom. The minimum absolute atomic E-state index is 0.157. The quantitative estimate of drug-likeness (QED) is 0.582. The van der Waals surface area contributed by atoms with Crippen molar-refractivity contribution in [1.29, 1.82) is 0 Å². The van der Waals surface area contributed by atoms with E-state index in [4.69, 9.17) is 5.73 Å². The molecule has 0 spiro atoms. The topological polar surface area (TPSA) is 92.5 Å². The van der Waals surface area contributed by atoms with E-state index in [1.54, 1.807) is 0 Å². The predicted molar refractivity (Wildman–Crippen MR) is 52.0 cm³/mol. The Hall–Kier alpha value is -0.660. The molecule has 0 radical (unpaired) electrons. The van der Waals surface area contributed by atoms with E-state index in [1.807, 2.05) is 0 Å². The number of sulfonamides is 1. The van der Waals surface area contributed by atoms with Gasteiger partial charge in [-0.15, -0.1) is 0 Å². The van der Waals surface area contributed by atoms with Crippen LogP contribution in [-0.2, 0) is 14.8 Å². The van der Waals surface area contributed by atoms with Gasteiger partial charge < -0.3 is 11.1 Å². The first kappa shape index (κ1) is 11.4. The van der Waals surface area contributed by atoms with Gasteiger partial charge in [-0.25, -0.2) is 8.42 Å². The van der Waals surface area contributed by atoms with Gasteiger partial charge in [-0.1, -0.05) is 0 Å². The van der Waals surface area contributed by atoms with Crippen molar-refractivity contribution in [2.24, 2.45) is 5.73 Å². The van der Waals surface area contributed by atoms with E-state index in [0.29, 0.717) is 19.6 Å². The maximum atomic E-state index is 11.2. The molecule has 1 aliphatic rings. The lowest BCUT2D eigenvalue weighted by Gasteiger charge is -2.31. The SMILES string of the molecule is CS(=O)(=O)N1CCNC(CC(N)=O)C1. The molecular formula is C7H15N3O3S. The maximum Gasteiger partial charge on any atom is 0.219 e. The van der Waals surface area contributed by atoms with Crippen LogP contribution in [0.25, 0.3) is 0 Å². The second-order valence-electron chi connectivity index (χ2n) is 3.44. The van der Waals surface area contributed by atoms with Gasteiger partial charge in [0.15, 0.2) is 0 Å². The molecule has 1 atom stereocenters. The number of hydrogen-bond donors (Lipinski definition) is 2. The zero-order valence-corrected chi connectivity index (χ0v) is 8.88. The Labute approximate surface area is 83.5 Å². The summed E-state index contributed by atoms with van der Waals surface area (Å²) >= 11 is 0. The number of amides is 1. The molecule has 14 heavy (non-hydrogen) atoms. The van der Waals surface area contributed by atoms with Gasteiger partial charge in [-0.05, 0) is 0 Å². The highest BCUT2D eigenvalue weighted by Crippen LogP contribution is 2.06. The summed E-state index contributed by atoms with van der Waals surface area (Å²) in [6.07, 6.45) is 1.34. The minimum Gasteiger partial charge on any atom is -0.370 e. The van der Waals surface area contributed by atoms with Crippen LogP contribution in [0.5, 0.6) is 0 Å². The van der Waals surface area contributed by atoms with Gasteiger partial charge in [0, 0.05) is 32.1 Å². The molecule has 1 heterocycles. The van der Waals surface area contributed by atoms with Crippen molar-refractivity contribution in [3.63, 3.8) is 0 Å². The summed E-state index contributed by atoms with van der Waals surface area (Å²) in [5.41, 5.74) is 5.03. The van der Waals surface area contributed by atoms with Crippen LogP contribution < -0.4 is 11.1 Å². The normalized spacial score (nSPS) is 24.8. The zero-order chi connectivity index (χ0) is 10.8. The number of rotatable bonds is 3. The van der Waals surface area contributed by atoms with Crippen molar-refractivity contribution in [3.05, 3.63) is 0 Å². The molecule has 1 unspecified atom stereocenters. The first-order valence-electron chi connectivity index (χ1n) is 4.36. The molecule has 1 aliphatic heterocycles. The van der Waals surface area contributed by atoms with E-state index in [0.717, 1.165) is 0 Å². The van der Waals surface area contributed by atoms with E-state index in [-0.39, 0.29) is 12.5 Å². The first-order chi connectivity index (χ1) is 6.39. The number of nitrogens with zero attached hydrogens (tertiary/aromatic N) is 1. The van der Waals surface area contributed by atoms with Gasteiger partial charge in [0.25, 0.3) is 0 Å². The fourth-order valence-electron chi connectivity index (χ4n) is 1.48. The number of carbonyl (C=O) groups is 1. The number of nitrogens with one attached hydrogen (secondary N) is 1. The van der Waals surface area contributed by atoms with Crippen molar-refractivity contribution in [3.8, 4) is 0 Å². The second-order valence-corrected chi connectivity index (χ2v) is 5.42. The van der Waals surface area contributed by atoms with E-state index in [1.165, 1.54) is 10.6 Å². The van der Waals surface area contributed by atoms with Crippen LogP contribution >= 0.6 is 0 Å². The highest BCUT2D eigenvalue weighted by atomic mass is 32.2. The molecule has 0 aromatic heterocycles. The fourth-order valence-corrected chi connectivity index (χ4v) is 2.35. The van der Waals surface area contributed by atoms with Gasteiger partial charge in [0.05, 0.1) is 6.26 Å². The van der Waals surface area contributed by atoms with Crippen molar-refractivity contribution >= 4 is 15.9 Å². The lowest BCUT2D eigenvalue weighted by atomic mass is 10.1. The van der Waals surface area contributed by atoms with E-state index in [9.17, 15) is 13.2 Å². The monoisotopic (exact) mass is 221 g/mol. The van der Waals surface area contributed by atoms with Crippen molar-refractivity contribution in [2.75, 3.05) is 25.9 Å². The molecule has 3 N–H and O–H groups in total. The Morgan fingerprint density at radius 3 is 2.79 bits per heavy atom. The largest absolute Gasteiger partial charge is 0.370 e. The third kappa shape index (κ3) is 3.24. The van der Waals surface area contributed by atoms with Crippen LogP contribution in [0, 0.1) is 0 Å². The summed E-state index contributed by atoms with van der Waals surface area (Å²) in [6.45, 7) is 1.33. The molecule has 0 aromatic rings. The zero-order valence-electron chi connectivity index (χ0n) is 8.06. The summed E-state index contributed by atoms with van der Waals surface area (Å²) in [5, 5.41) is 3.05. The van der Waals surface area contributed by atoms with Crippen LogP contribution in [0.3, 0.4) is 0 Å². The molecule has 6 nitrogen and oxygen atoms in total. The molecule has 0 aromatic carbocycles. The maximum absolute atomic E-state index is 11.2. The molecule has 1 saturated heterocycles. The molecule has 0 saturated carbocycles. The van der Waals surface area contributed by atoms with Gasteiger partial charge in [-0.2, -0.15) is 4.31 Å².